The first-order chi connectivity index (χ1) is 15.2. The van der Waals surface area contributed by atoms with Crippen LogP contribution in [-0.4, -0.2) is 56.0 Å². The maximum Gasteiger partial charge on any atom is 0.416 e. The number of rotatable bonds is 6. The molecule has 0 aliphatic carbocycles. The van der Waals surface area contributed by atoms with Gasteiger partial charge in [0.15, 0.2) is 0 Å². The first-order valence-electron chi connectivity index (χ1n) is 10.2. The number of hydrogen-bond acceptors (Lipinski definition) is 4. The minimum Gasteiger partial charge on any atom is -0.369 e. The highest BCUT2D eigenvalue weighted by Crippen LogP contribution is 2.29. The lowest BCUT2D eigenvalue weighted by Gasteiger charge is -2.36. The molecule has 1 fully saturated rings. The van der Waals surface area contributed by atoms with E-state index < -0.39 is 23.6 Å². The number of halogens is 4. The predicted octanol–water partition coefficient (Wildman–Crippen LogP) is 3.11. The third-order valence-corrected chi connectivity index (χ3v) is 5.18. The van der Waals surface area contributed by atoms with Crippen molar-refractivity contribution in [3.63, 3.8) is 0 Å². The molecule has 0 bridgehead atoms. The van der Waals surface area contributed by atoms with E-state index in [-0.39, 0.29) is 11.5 Å². The molecule has 2 aromatic carbocycles. The van der Waals surface area contributed by atoms with Crippen molar-refractivity contribution in [1.82, 2.24) is 10.2 Å². The third-order valence-electron chi connectivity index (χ3n) is 5.18. The molecule has 2 aromatic rings. The van der Waals surface area contributed by atoms with Crippen molar-refractivity contribution >= 4 is 23.2 Å². The van der Waals surface area contributed by atoms with Gasteiger partial charge in [0.05, 0.1) is 5.56 Å². The molecular weight excluding hydrogens is 428 g/mol. The molecule has 0 radical (unpaired) electrons. The van der Waals surface area contributed by atoms with Gasteiger partial charge in [0, 0.05) is 44.1 Å². The Balaban J connectivity index is 1.33. The van der Waals surface area contributed by atoms with Crippen molar-refractivity contribution in [3.8, 4) is 0 Å². The molecule has 1 aliphatic rings. The van der Waals surface area contributed by atoms with Gasteiger partial charge in [-0.2, -0.15) is 13.2 Å². The van der Waals surface area contributed by atoms with Crippen LogP contribution in [-0.2, 0) is 15.8 Å². The normalized spacial score (nSPS) is 14.8. The standard InChI is InChI=1S/C22H24F4N4O2/c23-17-4-8-19(9-5-17)30-14-12-29(13-15-30)11-1-10-27-20(31)21(32)28-18-6-2-16(3-7-18)22(24,25)26/h2-9H,1,10-15H2,(H,27,31)(H,28,32). The topological polar surface area (TPSA) is 64.7 Å². The second-order valence-corrected chi connectivity index (χ2v) is 7.44. The fraction of sp³-hybridized carbons (Fsp3) is 0.364. The van der Waals surface area contributed by atoms with Crippen molar-refractivity contribution in [1.29, 1.82) is 0 Å². The van der Waals surface area contributed by atoms with Crippen LogP contribution in [0.5, 0.6) is 0 Å². The first kappa shape index (κ1) is 23.5. The Kier molecular flexibility index (Phi) is 7.68. The average molecular weight is 452 g/mol. The Morgan fingerprint density at radius 1 is 0.875 bits per heavy atom. The van der Waals surface area contributed by atoms with Crippen LogP contribution in [0.2, 0.25) is 0 Å². The third kappa shape index (κ3) is 6.68. The number of carbonyl (C=O) groups is 2. The van der Waals surface area contributed by atoms with Gasteiger partial charge in [-0.1, -0.05) is 0 Å². The van der Waals surface area contributed by atoms with Crippen LogP contribution in [0.3, 0.4) is 0 Å². The summed E-state index contributed by atoms with van der Waals surface area (Å²) in [6.45, 7) is 4.34. The molecule has 10 heteroatoms. The number of nitrogens with one attached hydrogen (secondary N) is 2. The second kappa shape index (κ2) is 10.4. The van der Waals surface area contributed by atoms with Crippen molar-refractivity contribution in [2.24, 2.45) is 0 Å². The summed E-state index contributed by atoms with van der Waals surface area (Å²) in [4.78, 5) is 28.2. The first-order valence-corrected chi connectivity index (χ1v) is 10.2. The maximum atomic E-state index is 13.0. The highest BCUT2D eigenvalue weighted by Gasteiger charge is 2.30. The van der Waals surface area contributed by atoms with Crippen LogP contribution in [0.25, 0.3) is 0 Å². The van der Waals surface area contributed by atoms with Gasteiger partial charge in [-0.15, -0.1) is 0 Å². The van der Waals surface area contributed by atoms with Gasteiger partial charge in [0.25, 0.3) is 0 Å². The van der Waals surface area contributed by atoms with Gasteiger partial charge < -0.3 is 15.5 Å². The Morgan fingerprint density at radius 3 is 2.09 bits per heavy atom. The van der Waals surface area contributed by atoms with Gasteiger partial charge in [0.1, 0.15) is 5.82 Å². The van der Waals surface area contributed by atoms with E-state index in [1.165, 1.54) is 12.1 Å². The fourth-order valence-electron chi connectivity index (χ4n) is 3.40. The number of benzene rings is 2. The molecule has 2 amide bonds. The zero-order chi connectivity index (χ0) is 23.1. The largest absolute Gasteiger partial charge is 0.416 e. The molecule has 1 saturated heterocycles. The Labute approximate surface area is 183 Å². The number of amides is 2. The molecule has 0 saturated carbocycles. The number of piperazine rings is 1. The van der Waals surface area contributed by atoms with Crippen LogP contribution in [0.1, 0.15) is 12.0 Å². The fourth-order valence-corrected chi connectivity index (χ4v) is 3.40. The van der Waals surface area contributed by atoms with Crippen LogP contribution >= 0.6 is 0 Å². The van der Waals surface area contributed by atoms with Crippen molar-refractivity contribution < 1.29 is 27.2 Å². The summed E-state index contributed by atoms with van der Waals surface area (Å²) < 4.78 is 50.7. The van der Waals surface area contributed by atoms with E-state index in [0.717, 1.165) is 62.7 Å². The van der Waals surface area contributed by atoms with E-state index in [1.54, 1.807) is 12.1 Å². The summed E-state index contributed by atoms with van der Waals surface area (Å²) in [7, 11) is 0. The number of nitrogens with zero attached hydrogens (tertiary/aromatic N) is 2. The Hall–Kier alpha value is -3.14. The molecule has 2 N–H and O–H groups in total. The van der Waals surface area contributed by atoms with Crippen LogP contribution < -0.4 is 15.5 Å². The molecule has 1 aliphatic heterocycles. The van der Waals surface area contributed by atoms with Crippen LogP contribution in [0.15, 0.2) is 48.5 Å². The summed E-state index contributed by atoms with van der Waals surface area (Å²) in [5, 5.41) is 4.79. The summed E-state index contributed by atoms with van der Waals surface area (Å²) in [6.07, 6.45) is -3.82. The lowest BCUT2D eigenvalue weighted by molar-refractivity contribution is -0.137. The Morgan fingerprint density at radius 2 is 1.50 bits per heavy atom. The van der Waals surface area contributed by atoms with Crippen LogP contribution in [0.4, 0.5) is 28.9 Å². The Bertz CT molecular complexity index is 909. The highest BCUT2D eigenvalue weighted by atomic mass is 19.4. The lowest BCUT2D eigenvalue weighted by Crippen LogP contribution is -2.47. The zero-order valence-corrected chi connectivity index (χ0v) is 17.3. The molecule has 0 aromatic heterocycles. The highest BCUT2D eigenvalue weighted by molar-refractivity contribution is 6.39. The monoisotopic (exact) mass is 452 g/mol. The van der Waals surface area contributed by atoms with Gasteiger partial charge in [-0.25, -0.2) is 4.39 Å². The number of hydrogen-bond donors (Lipinski definition) is 2. The number of alkyl halides is 3. The molecular formula is C22H24F4N4O2. The van der Waals surface area contributed by atoms with E-state index in [4.69, 9.17) is 0 Å². The average Bonchev–Trinajstić information content (AvgIpc) is 2.77. The molecule has 6 nitrogen and oxygen atoms in total. The van der Waals surface area contributed by atoms with E-state index in [1.807, 2.05) is 0 Å². The van der Waals surface area contributed by atoms with E-state index in [2.05, 4.69) is 20.4 Å². The van der Waals surface area contributed by atoms with Crippen molar-refractivity contribution in [2.75, 3.05) is 49.5 Å². The lowest BCUT2D eigenvalue weighted by atomic mass is 10.2. The maximum absolute atomic E-state index is 13.0. The summed E-state index contributed by atoms with van der Waals surface area (Å²) in [6, 6.07) is 10.3. The number of carbonyl (C=O) groups excluding carboxylic acids is 2. The van der Waals surface area contributed by atoms with Gasteiger partial charge in [-0.05, 0) is 61.5 Å². The SMILES string of the molecule is O=C(NCCCN1CCN(c2ccc(F)cc2)CC1)C(=O)Nc1ccc(C(F)(F)F)cc1. The van der Waals surface area contributed by atoms with Crippen LogP contribution in [0, 0.1) is 5.82 Å². The molecule has 172 valence electrons. The second-order valence-electron chi connectivity index (χ2n) is 7.44. The van der Waals surface area contributed by atoms with Gasteiger partial charge in [-0.3, -0.25) is 14.5 Å². The molecule has 1 heterocycles. The van der Waals surface area contributed by atoms with Crippen molar-refractivity contribution in [2.45, 2.75) is 12.6 Å². The minimum absolute atomic E-state index is 0.108. The van der Waals surface area contributed by atoms with E-state index >= 15 is 0 Å². The zero-order valence-electron chi connectivity index (χ0n) is 17.3. The van der Waals surface area contributed by atoms with Crippen molar-refractivity contribution in [3.05, 3.63) is 59.9 Å². The summed E-state index contributed by atoms with van der Waals surface area (Å²) in [5.41, 5.74) is 0.257. The molecule has 0 spiro atoms. The quantitative estimate of drug-likeness (QED) is 0.402. The predicted molar refractivity (Wildman–Crippen MR) is 113 cm³/mol. The minimum atomic E-state index is -4.46. The smallest absolute Gasteiger partial charge is 0.369 e. The van der Waals surface area contributed by atoms with E-state index in [0.29, 0.717) is 13.0 Å². The van der Waals surface area contributed by atoms with Gasteiger partial charge in [0.2, 0.25) is 0 Å². The molecule has 32 heavy (non-hydrogen) atoms. The molecule has 3 rings (SSSR count). The number of anilines is 2. The summed E-state index contributed by atoms with van der Waals surface area (Å²) in [5.74, 6) is -2.04. The molecule has 0 unspecified atom stereocenters. The van der Waals surface area contributed by atoms with Gasteiger partial charge >= 0.3 is 18.0 Å². The summed E-state index contributed by atoms with van der Waals surface area (Å²) >= 11 is 0. The molecule has 0 atom stereocenters. The van der Waals surface area contributed by atoms with E-state index in [9.17, 15) is 27.2 Å².